The molecule has 0 spiro atoms. The first-order valence-electron chi connectivity index (χ1n) is 12.3. The van der Waals surface area contributed by atoms with E-state index in [1.54, 1.807) is 6.92 Å². The summed E-state index contributed by atoms with van der Waals surface area (Å²) in [4.78, 5) is 27.8. The maximum absolute atomic E-state index is 13.5. The van der Waals surface area contributed by atoms with Gasteiger partial charge in [-0.2, -0.15) is 0 Å². The molecule has 2 atom stereocenters. The van der Waals surface area contributed by atoms with Crippen molar-refractivity contribution in [3.8, 4) is 0 Å². The zero-order valence-corrected chi connectivity index (χ0v) is 21.4. The van der Waals surface area contributed by atoms with Crippen molar-refractivity contribution in [3.05, 3.63) is 46.5 Å². The third kappa shape index (κ3) is 5.90. The molecule has 2 heterocycles. The molecule has 1 amide bonds. The molecule has 3 rings (SSSR count). The average Bonchev–Trinajstić information content (AvgIpc) is 3.32. The Labute approximate surface area is 198 Å². The first-order chi connectivity index (χ1) is 15.5. The number of benzene rings is 1. The van der Waals surface area contributed by atoms with Gasteiger partial charge in [-0.1, -0.05) is 44.5 Å². The molecule has 1 aliphatic rings. The van der Waals surface area contributed by atoms with Crippen molar-refractivity contribution < 1.29 is 9.59 Å². The van der Waals surface area contributed by atoms with Gasteiger partial charge in [0, 0.05) is 38.8 Å². The van der Waals surface area contributed by atoms with Crippen LogP contribution in [0.25, 0.3) is 0 Å². The Morgan fingerprint density at radius 3 is 2.48 bits per heavy atom. The van der Waals surface area contributed by atoms with Gasteiger partial charge in [0.15, 0.2) is 5.82 Å². The Morgan fingerprint density at radius 2 is 1.88 bits per heavy atom. The highest BCUT2D eigenvalue weighted by atomic mass is 16.2. The van der Waals surface area contributed by atoms with E-state index in [-0.39, 0.29) is 29.1 Å². The van der Waals surface area contributed by atoms with Crippen molar-refractivity contribution >= 4 is 11.7 Å². The number of hydrogen-bond acceptors (Lipinski definition) is 4. The van der Waals surface area contributed by atoms with Gasteiger partial charge in [-0.05, 0) is 56.6 Å². The van der Waals surface area contributed by atoms with E-state index in [0.29, 0.717) is 19.4 Å². The zero-order valence-electron chi connectivity index (χ0n) is 21.4. The van der Waals surface area contributed by atoms with Crippen LogP contribution in [0.3, 0.4) is 0 Å². The van der Waals surface area contributed by atoms with Crippen LogP contribution in [0.5, 0.6) is 0 Å². The lowest BCUT2D eigenvalue weighted by Crippen LogP contribution is -2.34. The number of aryl methyl sites for hydroxylation is 3. The monoisotopic (exact) mass is 452 g/mol. The second kappa shape index (κ2) is 10.2. The van der Waals surface area contributed by atoms with E-state index >= 15 is 0 Å². The number of rotatable bonds is 8. The van der Waals surface area contributed by atoms with E-state index in [1.807, 2.05) is 4.90 Å². The predicted molar refractivity (Wildman–Crippen MR) is 131 cm³/mol. The number of carbonyl (C=O) groups excluding carboxylic acids is 2. The number of likely N-dealkylation sites (tertiary alicyclic amines) is 1. The van der Waals surface area contributed by atoms with Gasteiger partial charge in [-0.25, -0.2) is 0 Å². The lowest BCUT2D eigenvalue weighted by Gasteiger charge is -2.27. The molecule has 6 nitrogen and oxygen atoms in total. The Morgan fingerprint density at radius 1 is 1.15 bits per heavy atom. The fourth-order valence-corrected chi connectivity index (χ4v) is 5.04. The molecule has 0 N–H and O–H groups in total. The Bertz CT molecular complexity index is 1000. The topological polar surface area (TPSA) is 68.1 Å². The van der Waals surface area contributed by atoms with E-state index in [0.717, 1.165) is 48.6 Å². The highest BCUT2D eigenvalue weighted by Crippen LogP contribution is 2.38. The SMILES string of the molecule is CCn1c(CCCC(C)(C)C)nnc1[C@@H]1[C@@H](C(=O)Cc2ccc(C)cc2C)CCN1C(C)=O. The van der Waals surface area contributed by atoms with Gasteiger partial charge in [0.25, 0.3) is 0 Å². The van der Waals surface area contributed by atoms with Crippen molar-refractivity contribution in [2.45, 2.75) is 93.2 Å². The summed E-state index contributed by atoms with van der Waals surface area (Å²) in [7, 11) is 0. The van der Waals surface area contributed by atoms with Crippen molar-refractivity contribution in [1.29, 1.82) is 0 Å². The van der Waals surface area contributed by atoms with Gasteiger partial charge in [-0.15, -0.1) is 10.2 Å². The largest absolute Gasteiger partial charge is 0.332 e. The Kier molecular flexibility index (Phi) is 7.76. The zero-order chi connectivity index (χ0) is 24.3. The Hall–Kier alpha value is -2.50. The molecular weight excluding hydrogens is 412 g/mol. The van der Waals surface area contributed by atoms with Crippen LogP contribution >= 0.6 is 0 Å². The van der Waals surface area contributed by atoms with Crippen LogP contribution < -0.4 is 0 Å². The van der Waals surface area contributed by atoms with E-state index in [9.17, 15) is 9.59 Å². The van der Waals surface area contributed by atoms with Gasteiger partial charge in [0.05, 0.1) is 0 Å². The molecule has 0 unspecified atom stereocenters. The van der Waals surface area contributed by atoms with Gasteiger partial charge in [-0.3, -0.25) is 9.59 Å². The van der Waals surface area contributed by atoms with E-state index in [4.69, 9.17) is 0 Å². The number of ketones is 1. The maximum Gasteiger partial charge on any atom is 0.220 e. The number of nitrogens with zero attached hydrogens (tertiary/aromatic N) is 4. The minimum atomic E-state index is -0.343. The molecule has 0 bridgehead atoms. The molecule has 0 aliphatic carbocycles. The maximum atomic E-state index is 13.5. The van der Waals surface area contributed by atoms with Gasteiger partial charge in [0.2, 0.25) is 5.91 Å². The third-order valence-electron chi connectivity index (χ3n) is 6.84. The highest BCUT2D eigenvalue weighted by Gasteiger charge is 2.43. The standard InChI is InChI=1S/C27H40N4O2/c1-8-30-24(10-9-14-27(5,6)7)28-29-26(30)25-22(13-15-31(25)20(4)32)23(33)17-21-12-11-18(2)16-19(21)3/h11-12,16,22,25H,8-10,13-15,17H2,1-7H3/t22-,25+/m1/s1. The molecule has 1 aliphatic heterocycles. The number of amides is 1. The highest BCUT2D eigenvalue weighted by molar-refractivity contribution is 5.86. The van der Waals surface area contributed by atoms with Crippen molar-refractivity contribution in [1.82, 2.24) is 19.7 Å². The second-order valence-electron chi connectivity index (χ2n) is 10.8. The summed E-state index contributed by atoms with van der Waals surface area (Å²) in [5.74, 6) is 1.62. The molecule has 1 saturated heterocycles. The second-order valence-corrected chi connectivity index (χ2v) is 10.8. The van der Waals surface area contributed by atoms with Crippen LogP contribution in [-0.2, 0) is 29.0 Å². The summed E-state index contributed by atoms with van der Waals surface area (Å²) < 4.78 is 2.13. The van der Waals surface area contributed by atoms with Gasteiger partial charge in [0.1, 0.15) is 17.6 Å². The number of carbonyl (C=O) groups is 2. The normalized spacial score (nSPS) is 18.7. The smallest absolute Gasteiger partial charge is 0.220 e. The molecule has 1 fully saturated rings. The summed E-state index contributed by atoms with van der Waals surface area (Å²) in [6.07, 6.45) is 4.06. The number of hydrogen-bond donors (Lipinski definition) is 0. The molecule has 0 saturated carbocycles. The predicted octanol–water partition coefficient (Wildman–Crippen LogP) is 5.00. The van der Waals surface area contributed by atoms with Crippen LogP contribution in [0.2, 0.25) is 0 Å². The lowest BCUT2D eigenvalue weighted by molar-refractivity contribution is -0.131. The number of Topliss-reactive ketones (excluding diaryl/α,β-unsaturated/α-hetero) is 1. The lowest BCUT2D eigenvalue weighted by atomic mass is 9.89. The Balaban J connectivity index is 1.87. The van der Waals surface area contributed by atoms with Crippen molar-refractivity contribution in [3.63, 3.8) is 0 Å². The van der Waals surface area contributed by atoms with Crippen LogP contribution in [0.4, 0.5) is 0 Å². The van der Waals surface area contributed by atoms with Gasteiger partial charge >= 0.3 is 0 Å². The summed E-state index contributed by atoms with van der Waals surface area (Å²) in [6.45, 7) is 15.8. The minimum Gasteiger partial charge on any atom is -0.332 e. The summed E-state index contributed by atoms with van der Waals surface area (Å²) in [6, 6.07) is 5.89. The van der Waals surface area contributed by atoms with Crippen LogP contribution in [0, 0.1) is 25.2 Å². The fraction of sp³-hybridized carbons (Fsp3) is 0.630. The molecular formula is C27H40N4O2. The molecule has 1 aromatic carbocycles. The molecule has 33 heavy (non-hydrogen) atoms. The van der Waals surface area contributed by atoms with Crippen LogP contribution in [0.15, 0.2) is 18.2 Å². The number of aromatic nitrogens is 3. The van der Waals surface area contributed by atoms with E-state index < -0.39 is 0 Å². The molecule has 1 aromatic heterocycles. The van der Waals surface area contributed by atoms with Crippen molar-refractivity contribution in [2.24, 2.45) is 11.3 Å². The van der Waals surface area contributed by atoms with E-state index in [1.165, 1.54) is 5.56 Å². The molecule has 180 valence electrons. The van der Waals surface area contributed by atoms with Gasteiger partial charge < -0.3 is 9.47 Å². The minimum absolute atomic E-state index is 0.0123. The first-order valence-corrected chi connectivity index (χ1v) is 12.3. The first kappa shape index (κ1) is 25.1. The quantitative estimate of drug-likeness (QED) is 0.565. The average molecular weight is 453 g/mol. The van der Waals surface area contributed by atoms with Crippen LogP contribution in [-0.4, -0.2) is 37.9 Å². The molecule has 0 radical (unpaired) electrons. The van der Waals surface area contributed by atoms with Crippen LogP contribution in [0.1, 0.15) is 88.3 Å². The molecule has 6 heteroatoms. The third-order valence-corrected chi connectivity index (χ3v) is 6.84. The summed E-state index contributed by atoms with van der Waals surface area (Å²) in [5, 5.41) is 9.06. The molecule has 2 aromatic rings. The van der Waals surface area contributed by atoms with Crippen molar-refractivity contribution in [2.75, 3.05) is 6.54 Å². The summed E-state index contributed by atoms with van der Waals surface area (Å²) >= 11 is 0. The summed E-state index contributed by atoms with van der Waals surface area (Å²) in [5.41, 5.74) is 3.67. The van der Waals surface area contributed by atoms with E-state index in [2.05, 4.69) is 74.5 Å². The fourth-order valence-electron chi connectivity index (χ4n) is 5.04.